The Kier molecular flexibility index (Phi) is 19.7. The van der Waals surface area contributed by atoms with E-state index < -0.39 is 0 Å². The lowest BCUT2D eigenvalue weighted by molar-refractivity contribution is -0.142. The Hall–Kier alpha value is -2.41. The first-order valence-electron chi connectivity index (χ1n) is 10.0. The van der Waals surface area contributed by atoms with Gasteiger partial charge in [-0.1, -0.05) is 54.4 Å². The second-order valence-electron chi connectivity index (χ2n) is 8.60. The van der Waals surface area contributed by atoms with Gasteiger partial charge in [-0.15, -0.1) is 0 Å². The first kappa shape index (κ1) is 33.2. The molecule has 0 heterocycles. The van der Waals surface area contributed by atoms with Crippen molar-refractivity contribution < 1.29 is 33.3 Å². The van der Waals surface area contributed by atoms with Crippen molar-refractivity contribution in [2.24, 2.45) is 11.3 Å². The standard InChI is InChI=1S/C9H16O2.C8H14O2.C7H12O3/c1-7(2)8(10)11-6-9(3,4)5;1-6(2)5-10-8(9)7(3)4;1-6(2)7(8)10-5-4-9-3/h1,6H2,2-5H3;6H,3,5H2,1-2,4H3;1,4-5H2,2-3H3. The molecule has 0 saturated carbocycles. The molecule has 0 aliphatic carbocycles. The number of hydrogen-bond donors (Lipinski definition) is 0. The second kappa shape index (κ2) is 18.4. The average Bonchev–Trinajstić information content (AvgIpc) is 2.64. The first-order valence-corrected chi connectivity index (χ1v) is 10.0. The van der Waals surface area contributed by atoms with Crippen molar-refractivity contribution in [2.75, 3.05) is 33.5 Å². The SMILES string of the molecule is C=C(C)C(=O)OCC(C)(C)C.C=C(C)C(=O)OCC(C)C.C=C(C)C(=O)OCCOC. The third-order valence-electron chi connectivity index (χ3n) is 2.75. The Balaban J connectivity index is -0.000000380. The summed E-state index contributed by atoms with van der Waals surface area (Å²) in [6.45, 7) is 26.9. The summed E-state index contributed by atoms with van der Waals surface area (Å²) in [5, 5.41) is 0. The zero-order chi connectivity index (χ0) is 25.2. The number of ether oxygens (including phenoxy) is 4. The number of rotatable bonds is 9. The summed E-state index contributed by atoms with van der Waals surface area (Å²) in [5.74, 6) is -0.575. The maximum atomic E-state index is 10.9. The fourth-order valence-corrected chi connectivity index (χ4v) is 1.11. The summed E-state index contributed by atoms with van der Waals surface area (Å²) in [4.78, 5) is 32.2. The van der Waals surface area contributed by atoms with E-state index in [0.717, 1.165) is 0 Å². The number of esters is 3. The van der Waals surface area contributed by atoms with Gasteiger partial charge in [0.25, 0.3) is 0 Å². The van der Waals surface area contributed by atoms with Crippen molar-refractivity contribution in [3.63, 3.8) is 0 Å². The van der Waals surface area contributed by atoms with Gasteiger partial charge in [-0.3, -0.25) is 0 Å². The lowest BCUT2D eigenvalue weighted by Crippen LogP contribution is -2.18. The summed E-state index contributed by atoms with van der Waals surface area (Å²) in [6.07, 6.45) is 0. The molecule has 0 spiro atoms. The minimum absolute atomic E-state index is 0.0328. The molecule has 0 radical (unpaired) electrons. The predicted molar refractivity (Wildman–Crippen MR) is 123 cm³/mol. The van der Waals surface area contributed by atoms with E-state index in [1.165, 1.54) is 0 Å². The van der Waals surface area contributed by atoms with Gasteiger partial charge in [-0.25, -0.2) is 14.4 Å². The van der Waals surface area contributed by atoms with E-state index in [-0.39, 0.29) is 23.3 Å². The Labute approximate surface area is 188 Å². The first-order chi connectivity index (χ1) is 14.0. The van der Waals surface area contributed by atoms with E-state index in [9.17, 15) is 14.4 Å². The van der Waals surface area contributed by atoms with Crippen LogP contribution in [0.4, 0.5) is 0 Å². The highest BCUT2D eigenvalue weighted by molar-refractivity contribution is 5.87. The van der Waals surface area contributed by atoms with Crippen LogP contribution in [0.1, 0.15) is 55.4 Å². The van der Waals surface area contributed by atoms with Gasteiger partial charge < -0.3 is 18.9 Å². The molecule has 0 unspecified atom stereocenters. The molecule has 0 aromatic rings. The highest BCUT2D eigenvalue weighted by Crippen LogP contribution is 2.13. The number of carbonyl (C=O) groups is 3. The predicted octanol–water partition coefficient (Wildman–Crippen LogP) is 4.67. The molecule has 7 nitrogen and oxygen atoms in total. The molecule has 0 aliphatic rings. The minimum Gasteiger partial charge on any atom is -0.462 e. The van der Waals surface area contributed by atoms with Gasteiger partial charge in [0.2, 0.25) is 0 Å². The van der Waals surface area contributed by atoms with E-state index in [0.29, 0.717) is 49.1 Å². The molecule has 0 saturated heterocycles. The Morgan fingerprint density at radius 2 is 1.13 bits per heavy atom. The van der Waals surface area contributed by atoms with Gasteiger partial charge >= 0.3 is 17.9 Å². The lowest BCUT2D eigenvalue weighted by atomic mass is 9.99. The largest absolute Gasteiger partial charge is 0.462 e. The van der Waals surface area contributed by atoms with E-state index in [1.54, 1.807) is 27.9 Å². The quantitative estimate of drug-likeness (QED) is 0.222. The topological polar surface area (TPSA) is 88.1 Å². The highest BCUT2D eigenvalue weighted by Gasteiger charge is 2.13. The summed E-state index contributed by atoms with van der Waals surface area (Å²) >= 11 is 0. The Bertz CT molecular complexity index is 596. The fourth-order valence-electron chi connectivity index (χ4n) is 1.11. The third-order valence-corrected chi connectivity index (χ3v) is 2.75. The molecule has 0 aromatic heterocycles. The van der Waals surface area contributed by atoms with E-state index in [1.807, 2.05) is 34.6 Å². The molecule has 0 N–H and O–H groups in total. The fraction of sp³-hybridized carbons (Fsp3) is 0.625. The smallest absolute Gasteiger partial charge is 0.333 e. The van der Waals surface area contributed by atoms with Crippen LogP contribution in [0, 0.1) is 11.3 Å². The van der Waals surface area contributed by atoms with Gasteiger partial charge in [-0.2, -0.15) is 0 Å². The molecular formula is C24H42O7. The molecule has 0 aromatic carbocycles. The molecule has 0 rings (SSSR count). The van der Waals surface area contributed by atoms with Crippen molar-refractivity contribution in [3.05, 3.63) is 36.5 Å². The van der Waals surface area contributed by atoms with Crippen molar-refractivity contribution in [3.8, 4) is 0 Å². The third kappa shape index (κ3) is 27.6. The summed E-state index contributed by atoms with van der Waals surface area (Å²) < 4.78 is 19.1. The molecule has 0 atom stereocenters. The van der Waals surface area contributed by atoms with Crippen LogP contribution in [0.15, 0.2) is 36.5 Å². The van der Waals surface area contributed by atoms with Crippen molar-refractivity contribution >= 4 is 17.9 Å². The van der Waals surface area contributed by atoms with E-state index >= 15 is 0 Å². The van der Waals surface area contributed by atoms with Crippen LogP contribution >= 0.6 is 0 Å². The van der Waals surface area contributed by atoms with Gasteiger partial charge in [0.05, 0.1) is 19.8 Å². The van der Waals surface area contributed by atoms with Gasteiger partial charge in [0.15, 0.2) is 0 Å². The van der Waals surface area contributed by atoms with Crippen molar-refractivity contribution in [2.45, 2.75) is 55.4 Å². The molecule has 31 heavy (non-hydrogen) atoms. The van der Waals surface area contributed by atoms with E-state index in [4.69, 9.17) is 9.47 Å². The van der Waals surface area contributed by atoms with Crippen LogP contribution in [0.3, 0.4) is 0 Å². The number of hydrogen-bond acceptors (Lipinski definition) is 7. The highest BCUT2D eigenvalue weighted by atomic mass is 16.6. The molecule has 0 amide bonds. The van der Waals surface area contributed by atoms with E-state index in [2.05, 4.69) is 29.2 Å². The summed E-state index contributed by atoms with van der Waals surface area (Å²) in [7, 11) is 1.55. The maximum Gasteiger partial charge on any atom is 0.333 e. The van der Waals surface area contributed by atoms with Crippen LogP contribution < -0.4 is 0 Å². The number of methoxy groups -OCH3 is 1. The average molecular weight is 443 g/mol. The van der Waals surface area contributed by atoms with Gasteiger partial charge in [0, 0.05) is 23.8 Å². The normalized spacial score (nSPS) is 9.87. The van der Waals surface area contributed by atoms with Crippen molar-refractivity contribution in [1.82, 2.24) is 0 Å². The maximum absolute atomic E-state index is 10.9. The summed E-state index contributed by atoms with van der Waals surface area (Å²) in [6, 6.07) is 0. The van der Waals surface area contributed by atoms with Crippen LogP contribution in [0.5, 0.6) is 0 Å². The van der Waals surface area contributed by atoms with Crippen LogP contribution in [0.25, 0.3) is 0 Å². The van der Waals surface area contributed by atoms with Gasteiger partial charge in [0.1, 0.15) is 6.61 Å². The van der Waals surface area contributed by atoms with Crippen molar-refractivity contribution in [1.29, 1.82) is 0 Å². The molecular weight excluding hydrogens is 400 g/mol. The second-order valence-corrected chi connectivity index (χ2v) is 8.60. The molecule has 7 heteroatoms. The Morgan fingerprint density at radius 3 is 1.45 bits per heavy atom. The summed E-state index contributed by atoms with van der Waals surface area (Å²) in [5.41, 5.74) is 1.36. The molecule has 180 valence electrons. The zero-order valence-corrected chi connectivity index (χ0v) is 20.9. The minimum atomic E-state index is -0.364. The lowest BCUT2D eigenvalue weighted by Gasteiger charge is -2.17. The molecule has 0 aliphatic heterocycles. The van der Waals surface area contributed by atoms with Crippen LogP contribution in [-0.4, -0.2) is 51.4 Å². The number of carbonyl (C=O) groups excluding carboxylic acids is 3. The monoisotopic (exact) mass is 442 g/mol. The Morgan fingerprint density at radius 1 is 0.742 bits per heavy atom. The van der Waals surface area contributed by atoms with Crippen LogP contribution in [0.2, 0.25) is 0 Å². The molecule has 0 fully saturated rings. The zero-order valence-electron chi connectivity index (χ0n) is 20.9. The van der Waals surface area contributed by atoms with Gasteiger partial charge in [-0.05, 0) is 32.1 Å². The van der Waals surface area contributed by atoms with Crippen LogP contribution in [-0.2, 0) is 33.3 Å². The molecule has 0 bridgehead atoms.